The fraction of sp³-hybridized carbons (Fsp3) is 0.316. The highest BCUT2D eigenvalue weighted by Crippen LogP contribution is 2.49. The Kier molecular flexibility index (Phi) is 3.25. The molecule has 2 heterocycles. The number of para-hydroxylation sites is 1. The smallest absolute Gasteiger partial charge is 0.237 e. The topological polar surface area (TPSA) is 32.8 Å². The SMILES string of the molecule is CC1(C)C(=O)N([C@@H](c2cccc(F)c2)[C@H]2CO2)c2c(F)cccc21. The van der Waals surface area contributed by atoms with Crippen LogP contribution in [-0.2, 0) is 14.9 Å². The molecular weight excluding hydrogens is 312 g/mol. The van der Waals surface area contributed by atoms with Crippen molar-refractivity contribution in [2.24, 2.45) is 0 Å². The highest BCUT2D eigenvalue weighted by Gasteiger charge is 2.52. The van der Waals surface area contributed by atoms with E-state index >= 15 is 0 Å². The van der Waals surface area contributed by atoms with Crippen LogP contribution in [0.2, 0.25) is 0 Å². The van der Waals surface area contributed by atoms with Crippen molar-refractivity contribution >= 4 is 11.6 Å². The first-order chi connectivity index (χ1) is 11.4. The Morgan fingerprint density at radius 3 is 2.58 bits per heavy atom. The van der Waals surface area contributed by atoms with Crippen LogP contribution >= 0.6 is 0 Å². The second-order valence-corrected chi connectivity index (χ2v) is 6.81. The predicted molar refractivity (Wildman–Crippen MR) is 85.8 cm³/mol. The minimum Gasteiger partial charge on any atom is -0.370 e. The second-order valence-electron chi connectivity index (χ2n) is 6.81. The van der Waals surface area contributed by atoms with E-state index in [9.17, 15) is 13.6 Å². The minimum absolute atomic E-state index is 0.202. The fourth-order valence-corrected chi connectivity index (χ4v) is 3.51. The summed E-state index contributed by atoms with van der Waals surface area (Å²) in [5, 5.41) is 0. The Bertz CT molecular complexity index is 830. The lowest BCUT2D eigenvalue weighted by atomic mass is 9.86. The maximum Gasteiger partial charge on any atom is 0.237 e. The van der Waals surface area contributed by atoms with E-state index in [1.807, 2.05) is 0 Å². The highest BCUT2D eigenvalue weighted by molar-refractivity contribution is 6.08. The van der Waals surface area contributed by atoms with Gasteiger partial charge in [0.15, 0.2) is 0 Å². The van der Waals surface area contributed by atoms with Crippen LogP contribution in [0, 0.1) is 11.6 Å². The number of benzene rings is 2. The molecule has 2 atom stereocenters. The Balaban J connectivity index is 1.90. The first kappa shape index (κ1) is 15.3. The van der Waals surface area contributed by atoms with Gasteiger partial charge in [-0.25, -0.2) is 8.78 Å². The van der Waals surface area contributed by atoms with E-state index in [1.54, 1.807) is 38.1 Å². The molecule has 0 bridgehead atoms. The standard InChI is InChI=1S/C19H17F2NO2/c1-19(2)13-7-4-8-14(21)17(13)22(18(19)23)16(15-10-24-15)11-5-3-6-12(20)9-11/h3-9,15-16H,10H2,1-2H3/t15-,16+/m1/s1. The van der Waals surface area contributed by atoms with E-state index in [1.165, 1.54) is 23.1 Å². The number of hydrogen-bond acceptors (Lipinski definition) is 2. The number of carbonyl (C=O) groups is 1. The van der Waals surface area contributed by atoms with Gasteiger partial charge in [0.05, 0.1) is 23.8 Å². The Morgan fingerprint density at radius 2 is 1.92 bits per heavy atom. The number of hydrogen-bond donors (Lipinski definition) is 0. The summed E-state index contributed by atoms with van der Waals surface area (Å²) in [7, 11) is 0. The first-order valence-electron chi connectivity index (χ1n) is 7.91. The van der Waals surface area contributed by atoms with Crippen molar-refractivity contribution in [3.8, 4) is 0 Å². The molecule has 124 valence electrons. The highest BCUT2D eigenvalue weighted by atomic mass is 19.1. The monoisotopic (exact) mass is 329 g/mol. The molecule has 2 aromatic rings. The lowest BCUT2D eigenvalue weighted by Gasteiger charge is -2.29. The van der Waals surface area contributed by atoms with Crippen molar-refractivity contribution in [3.63, 3.8) is 0 Å². The van der Waals surface area contributed by atoms with Crippen molar-refractivity contribution in [2.75, 3.05) is 11.5 Å². The third-order valence-corrected chi connectivity index (χ3v) is 4.83. The molecule has 2 aliphatic rings. The van der Waals surface area contributed by atoms with Gasteiger partial charge in [-0.2, -0.15) is 0 Å². The zero-order valence-corrected chi connectivity index (χ0v) is 13.4. The number of epoxide rings is 1. The van der Waals surface area contributed by atoms with Gasteiger partial charge in [0.1, 0.15) is 17.7 Å². The lowest BCUT2D eigenvalue weighted by molar-refractivity contribution is -0.122. The molecule has 0 radical (unpaired) electrons. The molecule has 0 unspecified atom stereocenters. The van der Waals surface area contributed by atoms with Gasteiger partial charge in [-0.1, -0.05) is 24.3 Å². The number of rotatable bonds is 3. The molecule has 1 saturated heterocycles. The molecule has 4 rings (SSSR count). The molecule has 5 heteroatoms. The molecule has 0 aliphatic carbocycles. The van der Waals surface area contributed by atoms with Gasteiger partial charge < -0.3 is 4.74 Å². The van der Waals surface area contributed by atoms with Crippen LogP contribution in [0.3, 0.4) is 0 Å². The van der Waals surface area contributed by atoms with Crippen LogP contribution in [0.25, 0.3) is 0 Å². The van der Waals surface area contributed by atoms with E-state index in [2.05, 4.69) is 0 Å². The Hall–Kier alpha value is -2.27. The van der Waals surface area contributed by atoms with E-state index in [0.29, 0.717) is 17.7 Å². The molecule has 0 aromatic heterocycles. The van der Waals surface area contributed by atoms with Crippen molar-refractivity contribution in [3.05, 3.63) is 65.2 Å². The summed E-state index contributed by atoms with van der Waals surface area (Å²) in [6.45, 7) is 4.03. The average molecular weight is 329 g/mol. The number of anilines is 1. The molecule has 24 heavy (non-hydrogen) atoms. The molecule has 0 N–H and O–H groups in total. The quantitative estimate of drug-likeness (QED) is 0.804. The first-order valence-corrected chi connectivity index (χ1v) is 7.91. The van der Waals surface area contributed by atoms with Gasteiger partial charge in [0, 0.05) is 0 Å². The molecular formula is C19H17F2NO2. The van der Waals surface area contributed by atoms with E-state index in [4.69, 9.17) is 4.74 Å². The van der Waals surface area contributed by atoms with E-state index in [0.717, 1.165) is 0 Å². The van der Waals surface area contributed by atoms with Gasteiger partial charge in [0.2, 0.25) is 5.91 Å². The molecule has 0 saturated carbocycles. The van der Waals surface area contributed by atoms with Crippen LogP contribution in [0.4, 0.5) is 14.5 Å². The minimum atomic E-state index is -0.835. The number of carbonyl (C=O) groups excluding carboxylic acids is 1. The summed E-state index contributed by atoms with van der Waals surface area (Å²) in [4.78, 5) is 14.5. The van der Waals surface area contributed by atoms with Crippen molar-refractivity contribution in [1.29, 1.82) is 0 Å². The molecule has 2 aromatic carbocycles. The summed E-state index contributed by atoms with van der Waals surface area (Å²) in [6, 6.07) is 10.2. The van der Waals surface area contributed by atoms with Crippen molar-refractivity contribution in [2.45, 2.75) is 31.4 Å². The van der Waals surface area contributed by atoms with Crippen LogP contribution < -0.4 is 4.90 Å². The summed E-state index contributed by atoms with van der Waals surface area (Å²) >= 11 is 0. The molecule has 1 amide bonds. The number of nitrogens with zero attached hydrogens (tertiary/aromatic N) is 1. The van der Waals surface area contributed by atoms with Crippen LogP contribution in [0.15, 0.2) is 42.5 Å². The zero-order valence-electron chi connectivity index (χ0n) is 13.4. The summed E-state index contributed by atoms with van der Waals surface area (Å²) in [5.41, 5.74) is 0.697. The van der Waals surface area contributed by atoms with Gasteiger partial charge >= 0.3 is 0 Å². The normalized spacial score (nSPS) is 22.4. The average Bonchev–Trinajstić information content (AvgIpc) is 3.33. The largest absolute Gasteiger partial charge is 0.370 e. The second kappa shape index (κ2) is 5.11. The fourth-order valence-electron chi connectivity index (χ4n) is 3.51. The third kappa shape index (κ3) is 2.15. The molecule has 0 spiro atoms. The van der Waals surface area contributed by atoms with Crippen LogP contribution in [0.1, 0.15) is 31.0 Å². The number of fused-ring (bicyclic) bond motifs is 1. The van der Waals surface area contributed by atoms with Gasteiger partial charge in [-0.3, -0.25) is 9.69 Å². The molecule has 2 aliphatic heterocycles. The number of ether oxygens (including phenoxy) is 1. The van der Waals surface area contributed by atoms with Gasteiger partial charge in [-0.05, 0) is 43.2 Å². The molecule has 1 fully saturated rings. The van der Waals surface area contributed by atoms with Gasteiger partial charge in [-0.15, -0.1) is 0 Å². The summed E-state index contributed by atoms with van der Waals surface area (Å²) < 4.78 is 33.7. The Morgan fingerprint density at radius 1 is 1.21 bits per heavy atom. The zero-order chi connectivity index (χ0) is 17.1. The van der Waals surface area contributed by atoms with Gasteiger partial charge in [0.25, 0.3) is 0 Å². The van der Waals surface area contributed by atoms with E-state index < -0.39 is 23.1 Å². The van der Waals surface area contributed by atoms with Crippen molar-refractivity contribution in [1.82, 2.24) is 0 Å². The maximum atomic E-state index is 14.6. The van der Waals surface area contributed by atoms with Crippen LogP contribution in [0.5, 0.6) is 0 Å². The Labute approximate surface area is 138 Å². The summed E-state index contributed by atoms with van der Waals surface area (Å²) in [5.74, 6) is -1.04. The number of halogens is 2. The predicted octanol–water partition coefficient (Wildman–Crippen LogP) is 3.73. The third-order valence-electron chi connectivity index (χ3n) is 4.83. The lowest BCUT2D eigenvalue weighted by Crippen LogP contribution is -2.41. The summed E-state index contributed by atoms with van der Waals surface area (Å²) in [6.07, 6.45) is -0.253. The van der Waals surface area contributed by atoms with E-state index in [-0.39, 0.29) is 17.7 Å². The number of amides is 1. The molecule has 3 nitrogen and oxygen atoms in total. The maximum absolute atomic E-state index is 14.6. The van der Waals surface area contributed by atoms with Crippen LogP contribution in [-0.4, -0.2) is 18.6 Å². The van der Waals surface area contributed by atoms with Crippen molar-refractivity contribution < 1.29 is 18.3 Å².